The van der Waals surface area contributed by atoms with E-state index in [1.807, 2.05) is 13.0 Å². The zero-order chi connectivity index (χ0) is 14.3. The fourth-order valence-electron chi connectivity index (χ4n) is 2.73. The molecule has 0 saturated heterocycles. The fraction of sp³-hybridized carbons (Fsp3) is 0.467. The van der Waals surface area contributed by atoms with Gasteiger partial charge >= 0.3 is 0 Å². The summed E-state index contributed by atoms with van der Waals surface area (Å²) in [6.45, 7) is 2.43. The fourth-order valence-corrected chi connectivity index (χ4v) is 2.73. The van der Waals surface area contributed by atoms with E-state index in [0.717, 1.165) is 24.1 Å². The van der Waals surface area contributed by atoms with Gasteiger partial charge in [-0.3, -0.25) is 9.59 Å². The maximum Gasteiger partial charge on any atom is 0.251 e. The first-order valence-electron chi connectivity index (χ1n) is 6.97. The third kappa shape index (κ3) is 2.29. The van der Waals surface area contributed by atoms with Crippen molar-refractivity contribution in [3.05, 3.63) is 29.3 Å². The van der Waals surface area contributed by atoms with E-state index >= 15 is 0 Å². The molecule has 1 heterocycles. The first-order chi connectivity index (χ1) is 9.51. The van der Waals surface area contributed by atoms with Crippen LogP contribution in [0.3, 0.4) is 0 Å². The molecule has 1 unspecified atom stereocenters. The van der Waals surface area contributed by atoms with Gasteiger partial charge in [0.25, 0.3) is 5.91 Å². The van der Waals surface area contributed by atoms with E-state index in [4.69, 9.17) is 5.73 Å². The molecule has 1 fully saturated rings. The van der Waals surface area contributed by atoms with Crippen molar-refractivity contribution in [1.82, 2.24) is 5.32 Å². The summed E-state index contributed by atoms with van der Waals surface area (Å²) in [5, 5.41) is 5.81. The number of benzene rings is 1. The van der Waals surface area contributed by atoms with E-state index in [1.165, 1.54) is 0 Å². The molecule has 2 amide bonds. The molecule has 0 radical (unpaired) electrons. The van der Waals surface area contributed by atoms with Crippen molar-refractivity contribution in [1.29, 1.82) is 0 Å². The van der Waals surface area contributed by atoms with Crippen LogP contribution in [0.1, 0.15) is 35.7 Å². The van der Waals surface area contributed by atoms with E-state index in [0.29, 0.717) is 24.4 Å². The minimum absolute atomic E-state index is 0.0256. The van der Waals surface area contributed by atoms with Gasteiger partial charge in [-0.05, 0) is 43.4 Å². The number of rotatable bonds is 4. The summed E-state index contributed by atoms with van der Waals surface area (Å²) in [5.41, 5.74) is 7.72. The molecule has 3 rings (SSSR count). The van der Waals surface area contributed by atoms with Crippen LogP contribution in [0, 0.1) is 5.92 Å². The van der Waals surface area contributed by atoms with Crippen LogP contribution < -0.4 is 16.4 Å². The Hall–Kier alpha value is -1.88. The van der Waals surface area contributed by atoms with Crippen LogP contribution in [0.2, 0.25) is 0 Å². The Bertz CT molecular complexity index is 580. The lowest BCUT2D eigenvalue weighted by atomic mass is 9.95. The number of hydrogen-bond acceptors (Lipinski definition) is 3. The van der Waals surface area contributed by atoms with Crippen LogP contribution in [0.15, 0.2) is 18.2 Å². The zero-order valence-corrected chi connectivity index (χ0v) is 11.5. The number of anilines is 1. The van der Waals surface area contributed by atoms with Crippen molar-refractivity contribution in [3.63, 3.8) is 0 Å². The molecule has 20 heavy (non-hydrogen) atoms. The van der Waals surface area contributed by atoms with Crippen LogP contribution in [0.4, 0.5) is 5.69 Å². The van der Waals surface area contributed by atoms with Crippen molar-refractivity contribution >= 4 is 17.5 Å². The van der Waals surface area contributed by atoms with Gasteiger partial charge in [-0.25, -0.2) is 0 Å². The van der Waals surface area contributed by atoms with E-state index in [-0.39, 0.29) is 17.4 Å². The van der Waals surface area contributed by atoms with Gasteiger partial charge in [0.15, 0.2) is 0 Å². The van der Waals surface area contributed by atoms with Crippen molar-refractivity contribution < 1.29 is 9.59 Å². The molecule has 1 aliphatic carbocycles. The largest absolute Gasteiger partial charge is 0.345 e. The van der Waals surface area contributed by atoms with Crippen LogP contribution in [-0.4, -0.2) is 23.9 Å². The van der Waals surface area contributed by atoms with Gasteiger partial charge in [-0.15, -0.1) is 0 Å². The molecule has 1 saturated carbocycles. The normalized spacial score (nSPS) is 20.0. The van der Waals surface area contributed by atoms with Gasteiger partial charge in [0.05, 0.1) is 12.0 Å². The van der Waals surface area contributed by atoms with E-state index in [9.17, 15) is 9.59 Å². The monoisotopic (exact) mass is 273 g/mol. The number of amides is 2. The van der Waals surface area contributed by atoms with Crippen molar-refractivity contribution in [2.24, 2.45) is 11.7 Å². The summed E-state index contributed by atoms with van der Waals surface area (Å²) in [5.74, 6) is 0.321. The molecule has 5 heteroatoms. The molecule has 0 bridgehead atoms. The average Bonchev–Trinajstić information content (AvgIpc) is 3.20. The Labute approximate surface area is 117 Å². The highest BCUT2D eigenvalue weighted by Crippen LogP contribution is 2.39. The summed E-state index contributed by atoms with van der Waals surface area (Å²) in [6.07, 6.45) is 2.63. The topological polar surface area (TPSA) is 84.2 Å². The molecule has 1 aromatic rings. The van der Waals surface area contributed by atoms with Gasteiger partial charge in [-0.2, -0.15) is 0 Å². The Morgan fingerprint density at radius 3 is 2.90 bits per heavy atom. The minimum atomic E-state index is -0.334. The van der Waals surface area contributed by atoms with E-state index in [2.05, 4.69) is 10.6 Å². The quantitative estimate of drug-likeness (QED) is 0.766. The first-order valence-corrected chi connectivity index (χ1v) is 6.97. The molecular weight excluding hydrogens is 254 g/mol. The van der Waals surface area contributed by atoms with Crippen molar-refractivity contribution in [3.8, 4) is 0 Å². The Kier molecular flexibility index (Phi) is 3.01. The highest BCUT2D eigenvalue weighted by atomic mass is 16.2. The second-order valence-corrected chi connectivity index (χ2v) is 5.95. The number of carbonyl (C=O) groups excluding carboxylic acids is 2. The highest BCUT2D eigenvalue weighted by molar-refractivity contribution is 6.02. The lowest BCUT2D eigenvalue weighted by Gasteiger charge is -2.29. The molecule has 2 aliphatic rings. The molecule has 0 aromatic heterocycles. The van der Waals surface area contributed by atoms with Gasteiger partial charge in [0, 0.05) is 17.8 Å². The van der Waals surface area contributed by atoms with Gasteiger partial charge in [0.1, 0.15) is 0 Å². The Balaban J connectivity index is 1.78. The van der Waals surface area contributed by atoms with E-state index < -0.39 is 0 Å². The van der Waals surface area contributed by atoms with Crippen LogP contribution >= 0.6 is 0 Å². The number of nitrogens with one attached hydrogen (secondary N) is 2. The first kappa shape index (κ1) is 13.1. The van der Waals surface area contributed by atoms with Crippen molar-refractivity contribution in [2.45, 2.75) is 31.7 Å². The zero-order valence-electron chi connectivity index (χ0n) is 11.5. The second-order valence-electron chi connectivity index (χ2n) is 5.95. The van der Waals surface area contributed by atoms with Gasteiger partial charge in [-0.1, -0.05) is 6.07 Å². The standard InChI is InChI=1S/C15H19N3O2/c1-15(8-16,11-4-5-11)18-14(20)10-3-2-9-7-13(19)17-12(9)6-10/h2-3,6,11H,4-5,7-8,16H2,1H3,(H,17,19)(H,18,20). The molecule has 1 aliphatic heterocycles. The lowest BCUT2D eigenvalue weighted by Crippen LogP contribution is -2.53. The number of hydrogen-bond donors (Lipinski definition) is 3. The SMILES string of the molecule is CC(CN)(NC(=O)c1ccc2c(c1)NC(=O)C2)C1CC1. The maximum atomic E-state index is 12.4. The summed E-state index contributed by atoms with van der Waals surface area (Å²) in [4.78, 5) is 23.7. The molecule has 1 aromatic carbocycles. The van der Waals surface area contributed by atoms with Gasteiger partial charge in [0.2, 0.25) is 5.91 Å². The van der Waals surface area contributed by atoms with Gasteiger partial charge < -0.3 is 16.4 Å². The predicted octanol–water partition coefficient (Wildman–Crippen LogP) is 1.04. The summed E-state index contributed by atoms with van der Waals surface area (Å²) < 4.78 is 0. The highest BCUT2D eigenvalue weighted by Gasteiger charge is 2.41. The predicted molar refractivity (Wildman–Crippen MR) is 76.4 cm³/mol. The third-order valence-electron chi connectivity index (χ3n) is 4.30. The summed E-state index contributed by atoms with van der Waals surface area (Å²) in [7, 11) is 0. The summed E-state index contributed by atoms with van der Waals surface area (Å²) in [6, 6.07) is 5.33. The van der Waals surface area contributed by atoms with Crippen LogP contribution in [-0.2, 0) is 11.2 Å². The average molecular weight is 273 g/mol. The molecule has 106 valence electrons. The summed E-state index contributed by atoms with van der Waals surface area (Å²) >= 11 is 0. The van der Waals surface area contributed by atoms with E-state index in [1.54, 1.807) is 12.1 Å². The second kappa shape index (κ2) is 4.59. The Morgan fingerprint density at radius 2 is 2.25 bits per heavy atom. The molecule has 5 nitrogen and oxygen atoms in total. The molecular formula is C15H19N3O2. The van der Waals surface area contributed by atoms with Crippen LogP contribution in [0.25, 0.3) is 0 Å². The number of nitrogens with two attached hydrogens (primary N) is 1. The Morgan fingerprint density at radius 1 is 1.50 bits per heavy atom. The van der Waals surface area contributed by atoms with Crippen LogP contribution in [0.5, 0.6) is 0 Å². The smallest absolute Gasteiger partial charge is 0.251 e. The number of carbonyl (C=O) groups is 2. The number of fused-ring (bicyclic) bond motifs is 1. The molecule has 0 spiro atoms. The lowest BCUT2D eigenvalue weighted by molar-refractivity contribution is -0.115. The maximum absolute atomic E-state index is 12.4. The molecule has 4 N–H and O–H groups in total. The van der Waals surface area contributed by atoms with Crippen molar-refractivity contribution in [2.75, 3.05) is 11.9 Å². The molecule has 1 atom stereocenters. The third-order valence-corrected chi connectivity index (χ3v) is 4.30. The minimum Gasteiger partial charge on any atom is -0.345 e.